The Balaban J connectivity index is 2.27. The van der Waals surface area contributed by atoms with Crippen molar-refractivity contribution in [2.24, 2.45) is 0 Å². The van der Waals surface area contributed by atoms with Crippen molar-refractivity contribution in [2.75, 3.05) is 6.61 Å². The van der Waals surface area contributed by atoms with Crippen LogP contribution in [0.1, 0.15) is 24.2 Å². The summed E-state index contributed by atoms with van der Waals surface area (Å²) in [5.74, 6) is 0.634. The fourth-order valence-corrected chi connectivity index (χ4v) is 1.79. The van der Waals surface area contributed by atoms with E-state index in [2.05, 4.69) is 9.97 Å². The Hall–Kier alpha value is -1.65. The third kappa shape index (κ3) is 2.97. The highest BCUT2D eigenvalue weighted by Gasteiger charge is 2.12. The van der Waals surface area contributed by atoms with Crippen LogP contribution in [0, 0.1) is 0 Å². The molecule has 0 aliphatic carbocycles. The smallest absolute Gasteiger partial charge is 0.137 e. The second kappa shape index (κ2) is 5.80. The van der Waals surface area contributed by atoms with E-state index in [9.17, 15) is 5.11 Å². The van der Waals surface area contributed by atoms with E-state index in [1.54, 1.807) is 36.8 Å². The molecule has 0 aliphatic heterocycles. The molecule has 0 spiro atoms. The number of rotatable bonds is 4. The maximum atomic E-state index is 10.2. The van der Waals surface area contributed by atoms with Gasteiger partial charge in [0.05, 0.1) is 12.8 Å². The van der Waals surface area contributed by atoms with Gasteiger partial charge in [0.2, 0.25) is 0 Å². The molecule has 2 rings (SSSR count). The van der Waals surface area contributed by atoms with Crippen LogP contribution in [-0.2, 0) is 0 Å². The minimum Gasteiger partial charge on any atom is -0.492 e. The summed E-state index contributed by atoms with van der Waals surface area (Å²) in [6, 6.07) is 5.10. The van der Waals surface area contributed by atoms with Gasteiger partial charge < -0.3 is 9.84 Å². The van der Waals surface area contributed by atoms with E-state index in [0.29, 0.717) is 28.6 Å². The van der Waals surface area contributed by atoms with Crippen LogP contribution in [0.3, 0.4) is 0 Å². The molecular formula is C13H13ClN2O2. The summed E-state index contributed by atoms with van der Waals surface area (Å²) in [7, 11) is 0. The lowest BCUT2D eigenvalue weighted by molar-refractivity contribution is 0.219. The molecule has 1 N–H and O–H groups in total. The second-order valence-electron chi connectivity index (χ2n) is 3.70. The molecule has 0 saturated heterocycles. The van der Waals surface area contributed by atoms with Gasteiger partial charge in [0.25, 0.3) is 0 Å². The zero-order chi connectivity index (χ0) is 13.0. The second-order valence-corrected chi connectivity index (χ2v) is 4.09. The quantitative estimate of drug-likeness (QED) is 0.863. The highest BCUT2D eigenvalue weighted by atomic mass is 35.5. The van der Waals surface area contributed by atoms with E-state index in [1.165, 1.54) is 0 Å². The number of halogens is 1. The fourth-order valence-electron chi connectivity index (χ4n) is 1.61. The molecule has 0 radical (unpaired) electrons. The highest BCUT2D eigenvalue weighted by molar-refractivity contribution is 6.29. The number of aliphatic hydroxyl groups is 1. The molecule has 5 heteroatoms. The van der Waals surface area contributed by atoms with E-state index in [-0.39, 0.29) is 0 Å². The number of nitrogens with zero attached hydrogens (tertiary/aromatic N) is 2. The Morgan fingerprint density at radius 3 is 2.89 bits per heavy atom. The van der Waals surface area contributed by atoms with Gasteiger partial charge in [0.15, 0.2) is 0 Å². The van der Waals surface area contributed by atoms with Gasteiger partial charge in [-0.3, -0.25) is 4.98 Å². The van der Waals surface area contributed by atoms with Crippen LogP contribution in [0.4, 0.5) is 0 Å². The van der Waals surface area contributed by atoms with E-state index in [0.717, 1.165) is 0 Å². The maximum Gasteiger partial charge on any atom is 0.137 e. The summed E-state index contributed by atoms with van der Waals surface area (Å²) in [6.45, 7) is 2.45. The standard InChI is InChI=1S/C13H13ClN2O2/c1-2-18-11-5-10(7-15-8-11)13(17)9-3-4-16-12(14)6-9/h3-8,13,17H,2H2,1H3. The Kier molecular flexibility index (Phi) is 4.12. The first-order chi connectivity index (χ1) is 8.70. The van der Waals surface area contributed by atoms with Crippen molar-refractivity contribution in [3.05, 3.63) is 53.1 Å². The third-order valence-corrected chi connectivity index (χ3v) is 2.63. The molecule has 0 amide bonds. The summed E-state index contributed by atoms with van der Waals surface area (Å²) in [5, 5.41) is 10.6. The topological polar surface area (TPSA) is 55.2 Å². The van der Waals surface area contributed by atoms with Gasteiger partial charge in [-0.05, 0) is 30.7 Å². The van der Waals surface area contributed by atoms with Crippen molar-refractivity contribution in [1.29, 1.82) is 0 Å². The van der Waals surface area contributed by atoms with E-state index >= 15 is 0 Å². The summed E-state index contributed by atoms with van der Waals surface area (Å²) < 4.78 is 5.34. The molecule has 2 aromatic rings. The van der Waals surface area contributed by atoms with Crippen molar-refractivity contribution in [1.82, 2.24) is 9.97 Å². The predicted octanol–water partition coefficient (Wildman–Crippen LogP) is 2.61. The molecule has 0 saturated carbocycles. The molecule has 2 aromatic heterocycles. The first kappa shape index (κ1) is 12.8. The van der Waals surface area contributed by atoms with Gasteiger partial charge >= 0.3 is 0 Å². The number of ether oxygens (including phenoxy) is 1. The van der Waals surface area contributed by atoms with Crippen LogP contribution in [0.15, 0.2) is 36.8 Å². The molecule has 1 unspecified atom stereocenters. The van der Waals surface area contributed by atoms with Crippen molar-refractivity contribution in [2.45, 2.75) is 13.0 Å². The Bertz CT molecular complexity index is 534. The van der Waals surface area contributed by atoms with Gasteiger partial charge in [0.1, 0.15) is 17.0 Å². The molecule has 0 bridgehead atoms. The fraction of sp³-hybridized carbons (Fsp3) is 0.231. The molecule has 4 nitrogen and oxygen atoms in total. The van der Waals surface area contributed by atoms with Crippen LogP contribution in [0.2, 0.25) is 5.15 Å². The lowest BCUT2D eigenvalue weighted by atomic mass is 10.0. The van der Waals surface area contributed by atoms with Gasteiger partial charge in [-0.1, -0.05) is 11.6 Å². The summed E-state index contributed by atoms with van der Waals surface area (Å²) in [4.78, 5) is 7.92. The van der Waals surface area contributed by atoms with Crippen LogP contribution in [0.5, 0.6) is 5.75 Å². The van der Waals surface area contributed by atoms with E-state index in [4.69, 9.17) is 16.3 Å². The van der Waals surface area contributed by atoms with Crippen LogP contribution in [0.25, 0.3) is 0 Å². The van der Waals surface area contributed by atoms with Crippen molar-refractivity contribution in [3.63, 3.8) is 0 Å². The summed E-state index contributed by atoms with van der Waals surface area (Å²) >= 11 is 5.79. The SMILES string of the molecule is CCOc1cncc(C(O)c2ccnc(Cl)c2)c1. The van der Waals surface area contributed by atoms with Gasteiger partial charge in [0, 0.05) is 18.0 Å². The van der Waals surface area contributed by atoms with Crippen molar-refractivity contribution in [3.8, 4) is 5.75 Å². The first-order valence-corrected chi connectivity index (χ1v) is 5.95. The monoisotopic (exact) mass is 264 g/mol. The van der Waals surface area contributed by atoms with Crippen molar-refractivity contribution >= 4 is 11.6 Å². The molecule has 2 heterocycles. The molecule has 1 atom stereocenters. The number of aliphatic hydroxyl groups excluding tert-OH is 1. The zero-order valence-electron chi connectivity index (χ0n) is 9.88. The molecular weight excluding hydrogens is 252 g/mol. The van der Waals surface area contributed by atoms with E-state index in [1.807, 2.05) is 6.92 Å². The third-order valence-electron chi connectivity index (χ3n) is 2.43. The molecule has 0 aliphatic rings. The number of pyridine rings is 2. The number of aromatic nitrogens is 2. The molecule has 18 heavy (non-hydrogen) atoms. The summed E-state index contributed by atoms with van der Waals surface area (Å²) in [5.41, 5.74) is 1.33. The minimum absolute atomic E-state index is 0.348. The zero-order valence-corrected chi connectivity index (χ0v) is 10.6. The molecule has 94 valence electrons. The predicted molar refractivity (Wildman–Crippen MR) is 68.7 cm³/mol. The Morgan fingerprint density at radius 1 is 1.33 bits per heavy atom. The van der Waals surface area contributed by atoms with Crippen molar-refractivity contribution < 1.29 is 9.84 Å². The van der Waals surface area contributed by atoms with Crippen LogP contribution >= 0.6 is 11.6 Å². The van der Waals surface area contributed by atoms with Gasteiger partial charge in [-0.2, -0.15) is 0 Å². The number of hydrogen-bond donors (Lipinski definition) is 1. The average Bonchev–Trinajstić information content (AvgIpc) is 2.39. The first-order valence-electron chi connectivity index (χ1n) is 5.58. The molecule has 0 fully saturated rings. The summed E-state index contributed by atoms with van der Waals surface area (Å²) in [6.07, 6.45) is 3.97. The maximum absolute atomic E-state index is 10.2. The van der Waals surface area contributed by atoms with Crippen LogP contribution < -0.4 is 4.74 Å². The lowest BCUT2D eigenvalue weighted by Gasteiger charge is -2.12. The minimum atomic E-state index is -0.793. The Labute approximate surface area is 110 Å². The average molecular weight is 265 g/mol. The van der Waals surface area contributed by atoms with Gasteiger partial charge in [-0.15, -0.1) is 0 Å². The number of hydrogen-bond acceptors (Lipinski definition) is 4. The Morgan fingerprint density at radius 2 is 2.17 bits per heavy atom. The van der Waals surface area contributed by atoms with E-state index < -0.39 is 6.10 Å². The van der Waals surface area contributed by atoms with Crippen LogP contribution in [-0.4, -0.2) is 21.7 Å². The normalized spacial score (nSPS) is 12.2. The molecule has 0 aromatic carbocycles. The largest absolute Gasteiger partial charge is 0.492 e. The lowest BCUT2D eigenvalue weighted by Crippen LogP contribution is -2.02. The van der Waals surface area contributed by atoms with Gasteiger partial charge in [-0.25, -0.2) is 4.98 Å². The highest BCUT2D eigenvalue weighted by Crippen LogP contribution is 2.25.